The summed E-state index contributed by atoms with van der Waals surface area (Å²) in [5, 5.41) is 8.80. The summed E-state index contributed by atoms with van der Waals surface area (Å²) < 4.78 is 33.0. The molecule has 0 unspecified atom stereocenters. The first-order valence-corrected chi connectivity index (χ1v) is 5.23. The Balaban J connectivity index is 3.35. The maximum absolute atomic E-state index is 12.2. The summed E-state index contributed by atoms with van der Waals surface area (Å²) in [5.41, 5.74) is 0.169. The lowest BCUT2D eigenvalue weighted by molar-refractivity contribution is -0.0501. The fourth-order valence-corrected chi connectivity index (χ4v) is 1.54. The van der Waals surface area contributed by atoms with E-state index in [1.54, 1.807) is 6.07 Å². The van der Waals surface area contributed by atoms with Crippen LogP contribution in [0.2, 0.25) is 0 Å². The smallest absolute Gasteiger partial charge is 0.387 e. The lowest BCUT2D eigenvalue weighted by Crippen LogP contribution is -2.09. The van der Waals surface area contributed by atoms with Crippen LogP contribution in [0.4, 0.5) is 8.78 Å². The molecule has 0 aliphatic heterocycles. The third-order valence-corrected chi connectivity index (χ3v) is 2.38. The molecule has 0 atom stereocenters. The van der Waals surface area contributed by atoms with Crippen molar-refractivity contribution in [3.63, 3.8) is 0 Å². The number of nitrogens with zero attached hydrogens (tertiary/aromatic N) is 1. The monoisotopic (exact) mass is 275 g/mol. The highest BCUT2D eigenvalue weighted by Gasteiger charge is 2.18. The van der Waals surface area contributed by atoms with Crippen molar-refractivity contribution in [2.75, 3.05) is 7.11 Å². The Morgan fingerprint density at radius 1 is 1.56 bits per heavy atom. The van der Waals surface area contributed by atoms with Crippen LogP contribution >= 0.6 is 11.6 Å². The van der Waals surface area contributed by atoms with Crippen molar-refractivity contribution in [2.45, 2.75) is 12.5 Å². The highest BCUT2D eigenvalue weighted by Crippen LogP contribution is 2.26. The van der Waals surface area contributed by atoms with Crippen molar-refractivity contribution in [1.29, 1.82) is 5.26 Å². The standard InChI is InChI=1S/C11H8ClF2NO3/c1-17-10(16)8-3-9(18-11(13)14)7(5-15)2-6(8)4-12/h2-3,11H,4H2,1H3. The molecule has 0 fully saturated rings. The van der Waals surface area contributed by atoms with Gasteiger partial charge < -0.3 is 9.47 Å². The van der Waals surface area contributed by atoms with E-state index in [1.807, 2.05) is 0 Å². The van der Waals surface area contributed by atoms with E-state index in [2.05, 4.69) is 9.47 Å². The summed E-state index contributed by atoms with van der Waals surface area (Å²) in [7, 11) is 1.15. The van der Waals surface area contributed by atoms with Crippen molar-refractivity contribution < 1.29 is 23.0 Å². The number of hydrogen-bond donors (Lipinski definition) is 0. The highest BCUT2D eigenvalue weighted by molar-refractivity contribution is 6.17. The topological polar surface area (TPSA) is 59.3 Å². The van der Waals surface area contributed by atoms with Crippen LogP contribution < -0.4 is 4.74 Å². The van der Waals surface area contributed by atoms with Crippen LogP contribution in [0.15, 0.2) is 12.1 Å². The summed E-state index contributed by atoms with van der Waals surface area (Å²) >= 11 is 5.61. The van der Waals surface area contributed by atoms with Crippen LogP contribution in [0.5, 0.6) is 5.75 Å². The quantitative estimate of drug-likeness (QED) is 0.626. The third-order valence-electron chi connectivity index (χ3n) is 2.09. The van der Waals surface area contributed by atoms with Crippen molar-refractivity contribution in [1.82, 2.24) is 0 Å². The number of nitriles is 1. The minimum atomic E-state index is -3.09. The number of benzene rings is 1. The number of ether oxygens (including phenoxy) is 2. The molecule has 0 saturated heterocycles. The number of carbonyl (C=O) groups excluding carboxylic acids is 1. The van der Waals surface area contributed by atoms with Gasteiger partial charge in [-0.1, -0.05) is 0 Å². The molecular formula is C11H8ClF2NO3. The number of rotatable bonds is 4. The molecule has 0 aliphatic rings. The Bertz CT molecular complexity index is 500. The molecule has 4 nitrogen and oxygen atoms in total. The second-order valence-electron chi connectivity index (χ2n) is 3.12. The van der Waals surface area contributed by atoms with Crippen LogP contribution in [0.3, 0.4) is 0 Å². The zero-order valence-corrected chi connectivity index (χ0v) is 10.0. The van der Waals surface area contributed by atoms with Gasteiger partial charge in [0.15, 0.2) is 0 Å². The SMILES string of the molecule is COC(=O)c1cc(OC(F)F)c(C#N)cc1CCl. The van der Waals surface area contributed by atoms with Crippen molar-refractivity contribution in [3.8, 4) is 11.8 Å². The minimum Gasteiger partial charge on any atom is -0.465 e. The Hall–Kier alpha value is -1.87. The van der Waals surface area contributed by atoms with E-state index < -0.39 is 12.6 Å². The van der Waals surface area contributed by atoms with Crippen LogP contribution in [-0.4, -0.2) is 19.7 Å². The number of halogens is 3. The van der Waals surface area contributed by atoms with Gasteiger partial charge in [0.1, 0.15) is 11.8 Å². The number of alkyl halides is 3. The van der Waals surface area contributed by atoms with Gasteiger partial charge in [0.25, 0.3) is 0 Å². The predicted octanol–water partition coefficient (Wildman–Crippen LogP) is 2.69. The third kappa shape index (κ3) is 3.08. The molecule has 0 saturated carbocycles. The Morgan fingerprint density at radius 2 is 2.22 bits per heavy atom. The first kappa shape index (κ1) is 14.2. The molecule has 0 radical (unpaired) electrons. The summed E-state index contributed by atoms with van der Waals surface area (Å²) in [6, 6.07) is 3.93. The molecule has 7 heteroatoms. The van der Waals surface area contributed by atoms with Crippen LogP contribution in [0, 0.1) is 11.3 Å². The van der Waals surface area contributed by atoms with Gasteiger partial charge in [0.2, 0.25) is 0 Å². The molecule has 1 aromatic carbocycles. The lowest BCUT2D eigenvalue weighted by Gasteiger charge is -2.11. The molecular weight excluding hydrogens is 268 g/mol. The van der Waals surface area contributed by atoms with E-state index in [0.29, 0.717) is 5.56 Å². The van der Waals surface area contributed by atoms with Gasteiger partial charge in [-0.2, -0.15) is 14.0 Å². The maximum Gasteiger partial charge on any atom is 0.387 e. The van der Waals surface area contributed by atoms with E-state index in [0.717, 1.165) is 13.2 Å². The van der Waals surface area contributed by atoms with Crippen LogP contribution in [-0.2, 0) is 10.6 Å². The first-order chi connectivity index (χ1) is 8.53. The van der Waals surface area contributed by atoms with E-state index in [-0.39, 0.29) is 22.8 Å². The van der Waals surface area contributed by atoms with E-state index >= 15 is 0 Å². The van der Waals surface area contributed by atoms with Gasteiger partial charge in [-0.05, 0) is 17.7 Å². The predicted molar refractivity (Wildman–Crippen MR) is 58.7 cm³/mol. The first-order valence-electron chi connectivity index (χ1n) is 4.69. The summed E-state index contributed by atoms with van der Waals surface area (Å²) in [5.74, 6) is -1.19. The average Bonchev–Trinajstić information content (AvgIpc) is 2.36. The normalized spacial score (nSPS) is 10.0. The minimum absolute atomic E-state index is 0.0119. The van der Waals surface area contributed by atoms with Crippen LogP contribution in [0.1, 0.15) is 21.5 Å². The molecule has 0 amide bonds. The molecule has 0 spiro atoms. The Morgan fingerprint density at radius 3 is 2.67 bits per heavy atom. The molecule has 0 aromatic heterocycles. The molecule has 0 heterocycles. The van der Waals surface area contributed by atoms with Crippen LogP contribution in [0.25, 0.3) is 0 Å². The summed E-state index contributed by atoms with van der Waals surface area (Å²) in [6.07, 6.45) is 0. The molecule has 1 aromatic rings. The van der Waals surface area contributed by atoms with E-state index in [4.69, 9.17) is 16.9 Å². The molecule has 96 valence electrons. The number of esters is 1. The fourth-order valence-electron chi connectivity index (χ4n) is 1.32. The molecule has 1 rings (SSSR count). The molecule has 0 aliphatic carbocycles. The zero-order valence-electron chi connectivity index (χ0n) is 9.25. The van der Waals surface area contributed by atoms with Gasteiger partial charge in [-0.15, -0.1) is 11.6 Å². The van der Waals surface area contributed by atoms with Gasteiger partial charge in [-0.3, -0.25) is 0 Å². The summed E-state index contributed by atoms with van der Waals surface area (Å²) in [4.78, 5) is 11.4. The van der Waals surface area contributed by atoms with Crippen molar-refractivity contribution >= 4 is 17.6 Å². The highest BCUT2D eigenvalue weighted by atomic mass is 35.5. The fraction of sp³-hybridized carbons (Fsp3) is 0.273. The molecule has 0 N–H and O–H groups in total. The second kappa shape index (κ2) is 6.17. The Labute approximate surface area is 107 Å². The summed E-state index contributed by atoms with van der Waals surface area (Å²) in [6.45, 7) is -3.09. The number of hydrogen-bond acceptors (Lipinski definition) is 4. The van der Waals surface area contributed by atoms with Crippen molar-refractivity contribution in [2.24, 2.45) is 0 Å². The number of carbonyl (C=O) groups is 1. The van der Waals surface area contributed by atoms with Crippen molar-refractivity contribution in [3.05, 3.63) is 28.8 Å². The maximum atomic E-state index is 12.2. The van der Waals surface area contributed by atoms with E-state index in [9.17, 15) is 13.6 Å². The zero-order chi connectivity index (χ0) is 13.7. The Kier molecular flexibility index (Phi) is 4.86. The van der Waals surface area contributed by atoms with Gasteiger partial charge in [0, 0.05) is 5.88 Å². The number of methoxy groups -OCH3 is 1. The van der Waals surface area contributed by atoms with Gasteiger partial charge in [-0.25, -0.2) is 4.79 Å². The average molecular weight is 276 g/mol. The largest absolute Gasteiger partial charge is 0.465 e. The van der Waals surface area contributed by atoms with Gasteiger partial charge >= 0.3 is 12.6 Å². The molecule has 0 bridgehead atoms. The van der Waals surface area contributed by atoms with E-state index in [1.165, 1.54) is 6.07 Å². The second-order valence-corrected chi connectivity index (χ2v) is 3.39. The van der Waals surface area contributed by atoms with Gasteiger partial charge in [0.05, 0.1) is 18.2 Å². The molecule has 18 heavy (non-hydrogen) atoms. The lowest BCUT2D eigenvalue weighted by atomic mass is 10.0.